The lowest BCUT2D eigenvalue weighted by Crippen LogP contribution is -2.31. The number of rotatable bonds is 5. The Morgan fingerprint density at radius 3 is 2.50 bits per heavy atom. The van der Waals surface area contributed by atoms with Crippen molar-refractivity contribution < 1.29 is 4.79 Å². The van der Waals surface area contributed by atoms with Crippen LogP contribution in [-0.2, 0) is 6.54 Å². The molecule has 3 aromatic rings. The Bertz CT molecular complexity index is 824. The van der Waals surface area contributed by atoms with E-state index in [4.69, 9.17) is 0 Å². The molecule has 0 aliphatic rings. The Hall–Kier alpha value is -2.88. The van der Waals surface area contributed by atoms with Crippen LogP contribution in [0.3, 0.4) is 0 Å². The third kappa shape index (κ3) is 3.38. The van der Waals surface area contributed by atoms with Gasteiger partial charge in [0.15, 0.2) is 0 Å². The summed E-state index contributed by atoms with van der Waals surface area (Å²) >= 11 is 0. The summed E-state index contributed by atoms with van der Waals surface area (Å²) in [6.45, 7) is 5.28. The van der Waals surface area contributed by atoms with Crippen LogP contribution < -0.4 is 4.90 Å². The number of aryl methyl sites for hydroxylation is 1. The number of carbonyl (C=O) groups is 1. The molecular weight excluding hydrogens is 298 g/mol. The lowest BCUT2D eigenvalue weighted by Gasteiger charge is -2.22. The van der Waals surface area contributed by atoms with Gasteiger partial charge in [0.2, 0.25) is 0 Å². The predicted molar refractivity (Wildman–Crippen MR) is 96.3 cm³/mol. The van der Waals surface area contributed by atoms with Gasteiger partial charge >= 0.3 is 0 Å². The molecule has 0 unspecified atom stereocenters. The molecule has 1 aromatic heterocycles. The lowest BCUT2D eigenvalue weighted by molar-refractivity contribution is 0.0988. The zero-order valence-electron chi connectivity index (χ0n) is 14.0. The molecule has 0 fully saturated rings. The summed E-state index contributed by atoms with van der Waals surface area (Å²) in [5.74, 6) is -0.0221. The highest BCUT2D eigenvalue weighted by molar-refractivity contribution is 6.06. The summed E-state index contributed by atoms with van der Waals surface area (Å²) in [7, 11) is 0. The van der Waals surface area contributed by atoms with Crippen LogP contribution >= 0.6 is 0 Å². The minimum Gasteiger partial charge on any atom is -0.308 e. The quantitative estimate of drug-likeness (QED) is 0.715. The zero-order valence-corrected chi connectivity index (χ0v) is 14.0. The van der Waals surface area contributed by atoms with Crippen LogP contribution in [0.1, 0.15) is 28.4 Å². The number of amides is 1. The van der Waals surface area contributed by atoms with E-state index in [1.807, 2.05) is 62.5 Å². The molecule has 0 radical (unpaired) electrons. The van der Waals surface area contributed by atoms with Crippen molar-refractivity contribution in [2.45, 2.75) is 20.4 Å². The van der Waals surface area contributed by atoms with E-state index in [2.05, 4.69) is 17.2 Å². The van der Waals surface area contributed by atoms with Crippen molar-refractivity contribution in [1.82, 2.24) is 9.78 Å². The highest BCUT2D eigenvalue weighted by Crippen LogP contribution is 2.21. The van der Waals surface area contributed by atoms with Gasteiger partial charge in [-0.1, -0.05) is 48.5 Å². The summed E-state index contributed by atoms with van der Waals surface area (Å²) in [5, 5.41) is 4.33. The minimum atomic E-state index is -0.0221. The van der Waals surface area contributed by atoms with E-state index < -0.39 is 0 Å². The fraction of sp³-hybridized carbons (Fsp3) is 0.200. The molecule has 0 N–H and O–H groups in total. The molecule has 122 valence electrons. The zero-order chi connectivity index (χ0) is 16.9. The topological polar surface area (TPSA) is 38.1 Å². The largest absolute Gasteiger partial charge is 0.308 e. The van der Waals surface area contributed by atoms with Gasteiger partial charge in [0.05, 0.1) is 18.3 Å². The van der Waals surface area contributed by atoms with Crippen molar-refractivity contribution in [3.05, 3.63) is 83.7 Å². The highest BCUT2D eigenvalue weighted by Gasteiger charge is 2.19. The van der Waals surface area contributed by atoms with Crippen molar-refractivity contribution in [1.29, 1.82) is 0 Å². The molecule has 1 heterocycles. The first-order chi connectivity index (χ1) is 11.7. The van der Waals surface area contributed by atoms with Gasteiger partial charge in [-0.25, -0.2) is 0 Å². The van der Waals surface area contributed by atoms with Gasteiger partial charge in [0, 0.05) is 18.4 Å². The molecule has 24 heavy (non-hydrogen) atoms. The Kier molecular flexibility index (Phi) is 4.75. The lowest BCUT2D eigenvalue weighted by atomic mass is 10.1. The molecule has 1 amide bonds. The van der Waals surface area contributed by atoms with Crippen molar-refractivity contribution >= 4 is 11.6 Å². The molecule has 0 saturated carbocycles. The van der Waals surface area contributed by atoms with Gasteiger partial charge in [-0.2, -0.15) is 5.10 Å². The van der Waals surface area contributed by atoms with Gasteiger partial charge in [-0.05, 0) is 31.0 Å². The van der Waals surface area contributed by atoms with Crippen molar-refractivity contribution in [2.75, 3.05) is 11.4 Å². The summed E-state index contributed by atoms with van der Waals surface area (Å²) in [6.07, 6.45) is 3.46. The second-order valence-corrected chi connectivity index (χ2v) is 5.75. The molecule has 0 spiro atoms. The van der Waals surface area contributed by atoms with Crippen LogP contribution in [0.15, 0.2) is 67.0 Å². The molecule has 0 aliphatic heterocycles. The Morgan fingerprint density at radius 2 is 1.79 bits per heavy atom. The first-order valence-electron chi connectivity index (χ1n) is 8.13. The van der Waals surface area contributed by atoms with Crippen LogP contribution in [0.2, 0.25) is 0 Å². The number of hydrogen-bond donors (Lipinski definition) is 0. The summed E-state index contributed by atoms with van der Waals surface area (Å²) in [5.41, 5.74) is 3.80. The van der Waals surface area contributed by atoms with Crippen LogP contribution in [0.4, 0.5) is 5.69 Å². The van der Waals surface area contributed by atoms with Crippen molar-refractivity contribution in [3.63, 3.8) is 0 Å². The standard InChI is InChI=1S/C20H21N3O/c1-3-23(19-12-8-7-9-16(19)2)20(24)18-13-21-22(15-18)14-17-10-5-4-6-11-17/h4-13,15H,3,14H2,1-2H3. The molecule has 0 bridgehead atoms. The number of carbonyl (C=O) groups excluding carboxylic acids is 1. The summed E-state index contributed by atoms with van der Waals surface area (Å²) in [6, 6.07) is 18.0. The molecule has 4 nitrogen and oxygen atoms in total. The van der Waals surface area contributed by atoms with Gasteiger partial charge in [0.1, 0.15) is 0 Å². The van der Waals surface area contributed by atoms with E-state index in [9.17, 15) is 4.79 Å². The highest BCUT2D eigenvalue weighted by atomic mass is 16.2. The second kappa shape index (κ2) is 7.13. The third-order valence-corrected chi connectivity index (χ3v) is 4.04. The first kappa shape index (κ1) is 16.0. The maximum atomic E-state index is 12.9. The van der Waals surface area contributed by atoms with Gasteiger partial charge in [0.25, 0.3) is 5.91 Å². The van der Waals surface area contributed by atoms with Crippen molar-refractivity contribution in [3.8, 4) is 0 Å². The number of hydrogen-bond acceptors (Lipinski definition) is 2. The van der Waals surface area contributed by atoms with Crippen LogP contribution in [0.5, 0.6) is 0 Å². The number of benzene rings is 2. The Labute approximate surface area is 142 Å². The van der Waals surface area contributed by atoms with E-state index in [1.165, 1.54) is 0 Å². The molecule has 2 aromatic carbocycles. The van der Waals surface area contributed by atoms with Gasteiger partial charge in [-0.15, -0.1) is 0 Å². The third-order valence-electron chi connectivity index (χ3n) is 4.04. The average Bonchev–Trinajstić information content (AvgIpc) is 3.06. The fourth-order valence-corrected chi connectivity index (χ4v) is 2.78. The molecular formula is C20H21N3O. The molecule has 0 saturated heterocycles. The maximum Gasteiger partial charge on any atom is 0.261 e. The second-order valence-electron chi connectivity index (χ2n) is 5.75. The fourth-order valence-electron chi connectivity index (χ4n) is 2.78. The maximum absolute atomic E-state index is 12.9. The first-order valence-corrected chi connectivity index (χ1v) is 8.13. The summed E-state index contributed by atoms with van der Waals surface area (Å²) in [4.78, 5) is 14.7. The van der Waals surface area contributed by atoms with E-state index in [-0.39, 0.29) is 5.91 Å². The van der Waals surface area contributed by atoms with Crippen molar-refractivity contribution in [2.24, 2.45) is 0 Å². The molecule has 3 rings (SSSR count). The van der Waals surface area contributed by atoms with E-state index in [0.29, 0.717) is 18.7 Å². The minimum absolute atomic E-state index is 0.0221. The molecule has 0 atom stereocenters. The van der Waals surface area contributed by atoms with E-state index in [1.54, 1.807) is 15.8 Å². The van der Waals surface area contributed by atoms with Crippen LogP contribution in [-0.4, -0.2) is 22.2 Å². The molecule has 4 heteroatoms. The van der Waals surface area contributed by atoms with E-state index in [0.717, 1.165) is 16.8 Å². The normalized spacial score (nSPS) is 10.6. The van der Waals surface area contributed by atoms with Crippen LogP contribution in [0, 0.1) is 6.92 Å². The number of anilines is 1. The van der Waals surface area contributed by atoms with Gasteiger partial charge < -0.3 is 4.90 Å². The number of aromatic nitrogens is 2. The SMILES string of the molecule is CCN(C(=O)c1cnn(Cc2ccccc2)c1)c1ccccc1C. The van der Waals surface area contributed by atoms with Gasteiger partial charge in [-0.3, -0.25) is 9.48 Å². The monoisotopic (exact) mass is 319 g/mol. The van der Waals surface area contributed by atoms with E-state index >= 15 is 0 Å². The Balaban J connectivity index is 1.81. The Morgan fingerprint density at radius 1 is 1.08 bits per heavy atom. The summed E-state index contributed by atoms with van der Waals surface area (Å²) < 4.78 is 1.80. The van der Waals surface area contributed by atoms with Crippen LogP contribution in [0.25, 0.3) is 0 Å². The molecule has 0 aliphatic carbocycles. The predicted octanol–water partition coefficient (Wildman–Crippen LogP) is 3.91. The average molecular weight is 319 g/mol. The number of nitrogens with zero attached hydrogens (tertiary/aromatic N) is 3. The number of para-hydroxylation sites is 1. The smallest absolute Gasteiger partial charge is 0.261 e.